The standard InChI is InChI=1S/C19H25N3O3/c1-2-10-21(13-16-8-5-6-11-25-16)18(23)14-22-19(24)17-9-4-3-7-15(17)12-20-22/h3-4,7,9,12,16H,2,5-6,8,10-11,13-14H2,1H3/t16-/m1/s1. The third kappa shape index (κ3) is 4.25. The van der Waals surface area contributed by atoms with E-state index in [0.717, 1.165) is 37.7 Å². The number of hydrogen-bond donors (Lipinski definition) is 0. The molecule has 0 N–H and O–H groups in total. The summed E-state index contributed by atoms with van der Waals surface area (Å²) >= 11 is 0. The van der Waals surface area contributed by atoms with Crippen molar-refractivity contribution >= 4 is 16.7 Å². The maximum Gasteiger partial charge on any atom is 0.275 e. The van der Waals surface area contributed by atoms with Gasteiger partial charge in [0.15, 0.2) is 0 Å². The molecule has 0 bridgehead atoms. The molecule has 2 aromatic rings. The van der Waals surface area contributed by atoms with Gasteiger partial charge >= 0.3 is 0 Å². The number of rotatable bonds is 6. The molecule has 6 nitrogen and oxygen atoms in total. The van der Waals surface area contributed by atoms with E-state index in [1.54, 1.807) is 17.2 Å². The maximum atomic E-state index is 12.7. The number of carbonyl (C=O) groups is 1. The molecule has 1 aromatic carbocycles. The van der Waals surface area contributed by atoms with E-state index >= 15 is 0 Å². The van der Waals surface area contributed by atoms with Crippen LogP contribution in [0, 0.1) is 0 Å². The number of aromatic nitrogens is 2. The molecule has 1 saturated heterocycles. The molecule has 0 saturated carbocycles. The monoisotopic (exact) mass is 343 g/mol. The Morgan fingerprint density at radius 1 is 1.36 bits per heavy atom. The molecule has 0 aliphatic carbocycles. The second-order valence-corrected chi connectivity index (χ2v) is 6.52. The van der Waals surface area contributed by atoms with Gasteiger partial charge in [-0.15, -0.1) is 0 Å². The van der Waals surface area contributed by atoms with Crippen LogP contribution in [0.15, 0.2) is 35.3 Å². The molecule has 0 spiro atoms. The van der Waals surface area contributed by atoms with Crippen LogP contribution in [0.25, 0.3) is 10.8 Å². The summed E-state index contributed by atoms with van der Waals surface area (Å²) < 4.78 is 7.02. The lowest BCUT2D eigenvalue weighted by Crippen LogP contribution is -2.43. The number of ether oxygens (including phenoxy) is 1. The Morgan fingerprint density at radius 3 is 2.96 bits per heavy atom. The van der Waals surface area contributed by atoms with E-state index < -0.39 is 0 Å². The molecule has 0 radical (unpaired) electrons. The first-order chi connectivity index (χ1) is 12.2. The fourth-order valence-electron chi connectivity index (χ4n) is 3.25. The first-order valence-electron chi connectivity index (χ1n) is 9.03. The van der Waals surface area contributed by atoms with E-state index in [1.807, 2.05) is 25.1 Å². The van der Waals surface area contributed by atoms with Gasteiger partial charge in [0, 0.05) is 25.1 Å². The second-order valence-electron chi connectivity index (χ2n) is 6.52. The first kappa shape index (κ1) is 17.6. The zero-order valence-corrected chi connectivity index (χ0v) is 14.7. The SMILES string of the molecule is CCCN(C[C@H]1CCCCO1)C(=O)Cn1ncc2ccccc2c1=O. The van der Waals surface area contributed by atoms with Gasteiger partial charge in [0.2, 0.25) is 5.91 Å². The molecule has 1 amide bonds. The minimum absolute atomic E-state index is 0.0314. The quantitative estimate of drug-likeness (QED) is 0.807. The van der Waals surface area contributed by atoms with E-state index in [1.165, 1.54) is 4.68 Å². The van der Waals surface area contributed by atoms with Crippen LogP contribution in [0.1, 0.15) is 32.6 Å². The van der Waals surface area contributed by atoms with Crippen molar-refractivity contribution in [2.75, 3.05) is 19.7 Å². The predicted octanol–water partition coefficient (Wildman–Crippen LogP) is 2.20. The van der Waals surface area contributed by atoms with Crippen LogP contribution in [0.4, 0.5) is 0 Å². The average Bonchev–Trinajstić information content (AvgIpc) is 2.65. The minimum atomic E-state index is -0.225. The molecule has 1 fully saturated rings. The molecule has 2 heterocycles. The van der Waals surface area contributed by atoms with Gasteiger partial charge in [-0.25, -0.2) is 4.68 Å². The van der Waals surface area contributed by atoms with Crippen LogP contribution >= 0.6 is 0 Å². The normalized spacial score (nSPS) is 17.6. The lowest BCUT2D eigenvalue weighted by molar-refractivity contribution is -0.134. The number of nitrogens with zero attached hydrogens (tertiary/aromatic N) is 3. The van der Waals surface area contributed by atoms with Gasteiger partial charge in [-0.1, -0.05) is 25.1 Å². The maximum absolute atomic E-state index is 12.7. The smallest absolute Gasteiger partial charge is 0.275 e. The Balaban J connectivity index is 1.74. The van der Waals surface area contributed by atoms with E-state index in [0.29, 0.717) is 18.5 Å². The number of amides is 1. The Bertz CT molecular complexity index is 781. The largest absolute Gasteiger partial charge is 0.376 e. The van der Waals surface area contributed by atoms with Crippen molar-refractivity contribution in [3.8, 4) is 0 Å². The summed E-state index contributed by atoms with van der Waals surface area (Å²) in [4.78, 5) is 27.1. The highest BCUT2D eigenvalue weighted by Crippen LogP contribution is 2.14. The lowest BCUT2D eigenvalue weighted by atomic mass is 10.1. The van der Waals surface area contributed by atoms with Crippen molar-refractivity contribution in [2.45, 2.75) is 45.3 Å². The summed E-state index contributed by atoms with van der Waals surface area (Å²) in [7, 11) is 0. The van der Waals surface area contributed by atoms with Crippen molar-refractivity contribution in [3.63, 3.8) is 0 Å². The van der Waals surface area contributed by atoms with Crippen molar-refractivity contribution in [1.82, 2.24) is 14.7 Å². The third-order valence-electron chi connectivity index (χ3n) is 4.59. The Morgan fingerprint density at radius 2 is 2.20 bits per heavy atom. The summed E-state index contributed by atoms with van der Waals surface area (Å²) in [5.74, 6) is -0.0825. The highest BCUT2D eigenvalue weighted by molar-refractivity contribution is 5.81. The zero-order chi connectivity index (χ0) is 17.6. The molecule has 6 heteroatoms. The second kappa shape index (κ2) is 8.25. The van der Waals surface area contributed by atoms with Gasteiger partial charge in [0.05, 0.1) is 17.7 Å². The van der Waals surface area contributed by atoms with Crippen molar-refractivity contribution < 1.29 is 9.53 Å². The van der Waals surface area contributed by atoms with Gasteiger partial charge in [0.1, 0.15) is 6.54 Å². The molecule has 3 rings (SSSR count). The molecule has 1 aromatic heterocycles. The zero-order valence-electron chi connectivity index (χ0n) is 14.7. The molecule has 25 heavy (non-hydrogen) atoms. The summed E-state index contributed by atoms with van der Waals surface area (Å²) in [5, 5.41) is 5.54. The highest BCUT2D eigenvalue weighted by Gasteiger charge is 2.21. The summed E-state index contributed by atoms with van der Waals surface area (Å²) in [6, 6.07) is 7.30. The molecule has 1 aliphatic heterocycles. The van der Waals surface area contributed by atoms with Gasteiger partial charge in [-0.3, -0.25) is 9.59 Å². The van der Waals surface area contributed by atoms with Crippen LogP contribution in [-0.4, -0.2) is 46.4 Å². The number of hydrogen-bond acceptors (Lipinski definition) is 4. The minimum Gasteiger partial charge on any atom is -0.376 e. The highest BCUT2D eigenvalue weighted by atomic mass is 16.5. The number of benzene rings is 1. The van der Waals surface area contributed by atoms with Crippen LogP contribution in [0.5, 0.6) is 0 Å². The lowest BCUT2D eigenvalue weighted by Gasteiger charge is -2.30. The van der Waals surface area contributed by atoms with E-state index in [-0.39, 0.29) is 24.1 Å². The van der Waals surface area contributed by atoms with E-state index in [4.69, 9.17) is 4.74 Å². The fourth-order valence-corrected chi connectivity index (χ4v) is 3.25. The van der Waals surface area contributed by atoms with Crippen LogP contribution in [-0.2, 0) is 16.1 Å². The van der Waals surface area contributed by atoms with Crippen molar-refractivity contribution in [3.05, 3.63) is 40.8 Å². The van der Waals surface area contributed by atoms with E-state index in [9.17, 15) is 9.59 Å². The number of fused-ring (bicyclic) bond motifs is 1. The topological polar surface area (TPSA) is 64.4 Å². The molecule has 0 unspecified atom stereocenters. The first-order valence-corrected chi connectivity index (χ1v) is 9.03. The molecular formula is C19H25N3O3. The Labute approximate surface area is 147 Å². The van der Waals surface area contributed by atoms with Crippen LogP contribution in [0.3, 0.4) is 0 Å². The Hall–Kier alpha value is -2.21. The van der Waals surface area contributed by atoms with Crippen LogP contribution in [0.2, 0.25) is 0 Å². The molecule has 134 valence electrons. The average molecular weight is 343 g/mol. The summed E-state index contributed by atoms with van der Waals surface area (Å²) in [6.07, 6.45) is 5.84. The number of carbonyl (C=O) groups excluding carboxylic acids is 1. The van der Waals surface area contributed by atoms with Gasteiger partial charge in [-0.05, 0) is 31.7 Å². The summed E-state index contributed by atoms with van der Waals surface area (Å²) in [5.41, 5.74) is -0.225. The third-order valence-corrected chi connectivity index (χ3v) is 4.59. The van der Waals surface area contributed by atoms with E-state index in [2.05, 4.69) is 5.10 Å². The molecular weight excluding hydrogens is 318 g/mol. The summed E-state index contributed by atoms with van der Waals surface area (Å²) in [6.45, 7) is 4.04. The predicted molar refractivity (Wildman–Crippen MR) is 96.5 cm³/mol. The van der Waals surface area contributed by atoms with Crippen molar-refractivity contribution in [1.29, 1.82) is 0 Å². The fraction of sp³-hybridized carbons (Fsp3) is 0.526. The van der Waals surface area contributed by atoms with Crippen molar-refractivity contribution in [2.24, 2.45) is 0 Å². The molecule has 1 aliphatic rings. The van der Waals surface area contributed by atoms with Gasteiger partial charge < -0.3 is 9.64 Å². The molecule has 1 atom stereocenters. The van der Waals surface area contributed by atoms with Gasteiger partial charge in [0.25, 0.3) is 5.56 Å². The van der Waals surface area contributed by atoms with Crippen LogP contribution < -0.4 is 5.56 Å². The Kier molecular flexibility index (Phi) is 5.81. The van der Waals surface area contributed by atoms with Gasteiger partial charge in [-0.2, -0.15) is 5.10 Å².